The number of hydrogen-bond acceptors (Lipinski definition) is 4. The molecular formula is C22H19F7N4O. The lowest BCUT2D eigenvalue weighted by Crippen LogP contribution is -2.20. The number of hydrogen-bond donors (Lipinski definition) is 1. The molecule has 1 aromatic carbocycles. The van der Waals surface area contributed by atoms with Crippen LogP contribution in [0.3, 0.4) is 0 Å². The molecule has 182 valence electrons. The summed E-state index contributed by atoms with van der Waals surface area (Å²) in [7, 11) is 0. The first-order valence-electron chi connectivity index (χ1n) is 9.56. The Morgan fingerprint density at radius 1 is 1.06 bits per heavy atom. The summed E-state index contributed by atoms with van der Waals surface area (Å²) in [6.45, 7) is 6.49. The number of halogens is 7. The van der Waals surface area contributed by atoms with Crippen LogP contribution in [0.5, 0.6) is 0 Å². The van der Waals surface area contributed by atoms with Crippen LogP contribution in [0.1, 0.15) is 36.1 Å². The minimum Gasteiger partial charge on any atom is -0.366 e. The van der Waals surface area contributed by atoms with Gasteiger partial charge in [0.2, 0.25) is 5.95 Å². The fourth-order valence-electron chi connectivity index (χ4n) is 2.84. The molecule has 0 aliphatic carbocycles. The maximum atomic E-state index is 13.5. The van der Waals surface area contributed by atoms with Gasteiger partial charge < -0.3 is 5.73 Å². The third kappa shape index (κ3) is 6.65. The number of hydrazone groups is 1. The molecule has 5 nitrogen and oxygen atoms in total. The van der Waals surface area contributed by atoms with Crippen molar-refractivity contribution in [2.75, 3.05) is 0 Å². The van der Waals surface area contributed by atoms with Crippen LogP contribution in [0.4, 0.5) is 30.7 Å². The van der Waals surface area contributed by atoms with Crippen LogP contribution in [0.25, 0.3) is 5.57 Å². The third-order valence-corrected chi connectivity index (χ3v) is 4.40. The number of pyridine rings is 1. The SMILES string of the molecule is C=CN(/C=C(/C(N)=O)c1ccnc(F)c1)/N=C(/c1cc(C(F)(F)F)cc(C(F)(F)F)c1)C(C)C. The molecule has 0 fully saturated rings. The summed E-state index contributed by atoms with van der Waals surface area (Å²) in [5.74, 6) is -2.57. The van der Waals surface area contributed by atoms with Crippen molar-refractivity contribution in [3.63, 3.8) is 0 Å². The van der Waals surface area contributed by atoms with Crippen molar-refractivity contribution in [1.29, 1.82) is 0 Å². The highest BCUT2D eigenvalue weighted by Gasteiger charge is 2.37. The fraction of sp³-hybridized carbons (Fsp3) is 0.227. The van der Waals surface area contributed by atoms with Gasteiger partial charge in [0.1, 0.15) is 0 Å². The van der Waals surface area contributed by atoms with E-state index in [2.05, 4.69) is 16.7 Å². The summed E-state index contributed by atoms with van der Waals surface area (Å²) in [4.78, 5) is 15.3. The molecule has 0 bridgehead atoms. The predicted molar refractivity (Wildman–Crippen MR) is 111 cm³/mol. The van der Waals surface area contributed by atoms with Gasteiger partial charge in [-0.05, 0) is 41.3 Å². The van der Waals surface area contributed by atoms with Gasteiger partial charge in [0, 0.05) is 24.7 Å². The average molecular weight is 488 g/mol. The second-order valence-corrected chi connectivity index (χ2v) is 7.27. The van der Waals surface area contributed by atoms with Crippen LogP contribution in [-0.2, 0) is 17.1 Å². The number of nitrogens with zero attached hydrogens (tertiary/aromatic N) is 3. The minimum atomic E-state index is -5.04. The van der Waals surface area contributed by atoms with Gasteiger partial charge in [0.05, 0.1) is 22.4 Å². The van der Waals surface area contributed by atoms with E-state index in [0.717, 1.165) is 29.7 Å². The first kappa shape index (κ1) is 26.6. The molecule has 0 aliphatic rings. The lowest BCUT2D eigenvalue weighted by molar-refractivity contribution is -0.143. The van der Waals surface area contributed by atoms with E-state index in [4.69, 9.17) is 5.73 Å². The first-order valence-corrected chi connectivity index (χ1v) is 9.56. The maximum absolute atomic E-state index is 13.5. The van der Waals surface area contributed by atoms with Crippen LogP contribution < -0.4 is 5.73 Å². The van der Waals surface area contributed by atoms with Crippen LogP contribution >= 0.6 is 0 Å². The number of carbonyl (C=O) groups excluding carboxylic acids is 1. The van der Waals surface area contributed by atoms with Crippen LogP contribution in [0, 0.1) is 11.9 Å². The van der Waals surface area contributed by atoms with Crippen molar-refractivity contribution in [1.82, 2.24) is 9.99 Å². The van der Waals surface area contributed by atoms with E-state index >= 15 is 0 Å². The number of amides is 1. The van der Waals surface area contributed by atoms with Gasteiger partial charge >= 0.3 is 12.4 Å². The van der Waals surface area contributed by atoms with Crippen LogP contribution in [0.2, 0.25) is 0 Å². The minimum absolute atomic E-state index is 0.00972. The average Bonchev–Trinajstić information content (AvgIpc) is 2.71. The van der Waals surface area contributed by atoms with E-state index in [9.17, 15) is 35.5 Å². The lowest BCUT2D eigenvalue weighted by Gasteiger charge is -2.19. The lowest BCUT2D eigenvalue weighted by atomic mass is 9.95. The Labute approximate surface area is 190 Å². The molecule has 0 saturated heterocycles. The molecule has 2 rings (SSSR count). The highest BCUT2D eigenvalue weighted by atomic mass is 19.4. The Morgan fingerprint density at radius 3 is 2.03 bits per heavy atom. The fourth-order valence-corrected chi connectivity index (χ4v) is 2.84. The van der Waals surface area contributed by atoms with Crippen LogP contribution in [0.15, 0.2) is 60.6 Å². The number of rotatable bonds is 7. The zero-order valence-corrected chi connectivity index (χ0v) is 17.9. The van der Waals surface area contributed by atoms with Crippen molar-refractivity contribution < 1.29 is 35.5 Å². The topological polar surface area (TPSA) is 71.6 Å². The molecular weight excluding hydrogens is 469 g/mol. The largest absolute Gasteiger partial charge is 0.416 e. The van der Waals surface area contributed by atoms with E-state index < -0.39 is 46.8 Å². The van der Waals surface area contributed by atoms with E-state index in [1.807, 2.05) is 0 Å². The first-order chi connectivity index (χ1) is 15.6. The number of alkyl halides is 6. The van der Waals surface area contributed by atoms with Gasteiger partial charge in [-0.3, -0.25) is 4.79 Å². The van der Waals surface area contributed by atoms with Crippen molar-refractivity contribution in [3.05, 3.63) is 83.7 Å². The Morgan fingerprint density at radius 2 is 1.62 bits per heavy atom. The molecule has 12 heteroatoms. The number of primary amides is 1. The van der Waals surface area contributed by atoms with Crippen molar-refractivity contribution in [3.8, 4) is 0 Å². The summed E-state index contributed by atoms with van der Waals surface area (Å²) in [5.41, 5.74) is 1.50. The molecule has 0 spiro atoms. The van der Waals surface area contributed by atoms with Gasteiger partial charge in [0.15, 0.2) is 0 Å². The van der Waals surface area contributed by atoms with E-state index in [1.165, 1.54) is 19.9 Å². The molecule has 2 N–H and O–H groups in total. The molecule has 0 saturated carbocycles. The molecule has 1 heterocycles. The van der Waals surface area contributed by atoms with Gasteiger partial charge in [-0.2, -0.15) is 35.8 Å². The van der Waals surface area contributed by atoms with Crippen molar-refractivity contribution >= 4 is 17.2 Å². The Balaban J connectivity index is 2.70. The molecule has 2 aromatic rings. The van der Waals surface area contributed by atoms with Crippen molar-refractivity contribution in [2.45, 2.75) is 26.2 Å². The quantitative estimate of drug-likeness (QED) is 0.182. The summed E-state index contributed by atoms with van der Waals surface area (Å²) < 4.78 is 93.2. The summed E-state index contributed by atoms with van der Waals surface area (Å²) in [5, 5.41) is 4.97. The maximum Gasteiger partial charge on any atom is 0.416 e. The van der Waals surface area contributed by atoms with E-state index in [0.29, 0.717) is 12.1 Å². The van der Waals surface area contributed by atoms with Gasteiger partial charge in [-0.1, -0.05) is 20.4 Å². The molecule has 0 aliphatic heterocycles. The highest BCUT2D eigenvalue weighted by molar-refractivity contribution is 6.18. The number of nitrogens with two attached hydrogens (primary N) is 1. The monoisotopic (exact) mass is 488 g/mol. The summed E-state index contributed by atoms with van der Waals surface area (Å²) in [6.07, 6.45) is -6.95. The molecule has 34 heavy (non-hydrogen) atoms. The second kappa shape index (κ2) is 10.1. The zero-order valence-electron chi connectivity index (χ0n) is 17.9. The van der Waals surface area contributed by atoms with Gasteiger partial charge in [0.25, 0.3) is 5.91 Å². The Bertz CT molecular complexity index is 1100. The van der Waals surface area contributed by atoms with Crippen LogP contribution in [-0.4, -0.2) is 21.6 Å². The van der Waals surface area contributed by atoms with Gasteiger partial charge in [-0.25, -0.2) is 9.99 Å². The molecule has 0 atom stereocenters. The molecule has 1 aromatic heterocycles. The molecule has 1 amide bonds. The zero-order chi connectivity index (χ0) is 25.8. The standard InChI is InChI=1S/C22H19F7N4O/c1-4-33(11-17(20(30)34)13-5-6-31-18(23)9-13)32-19(12(2)3)14-7-15(21(24,25)26)10-16(8-14)22(27,28)29/h4-12H,1H2,2-3H3,(H2,30,34)/b17-11+,32-19+. The Hall–Kier alpha value is -3.70. The number of aromatic nitrogens is 1. The third-order valence-electron chi connectivity index (χ3n) is 4.40. The number of carbonyl (C=O) groups is 1. The molecule has 0 radical (unpaired) electrons. The Kier molecular flexibility index (Phi) is 7.86. The summed E-state index contributed by atoms with van der Waals surface area (Å²) >= 11 is 0. The second-order valence-electron chi connectivity index (χ2n) is 7.27. The van der Waals surface area contributed by atoms with E-state index in [-0.39, 0.29) is 22.9 Å². The van der Waals surface area contributed by atoms with Crippen molar-refractivity contribution in [2.24, 2.45) is 16.8 Å². The molecule has 0 unspecified atom stereocenters. The highest BCUT2D eigenvalue weighted by Crippen LogP contribution is 2.37. The number of benzene rings is 1. The normalized spacial score (nSPS) is 13.2. The van der Waals surface area contributed by atoms with Gasteiger partial charge in [-0.15, -0.1) is 0 Å². The summed E-state index contributed by atoms with van der Waals surface area (Å²) in [6, 6.07) is 3.29. The smallest absolute Gasteiger partial charge is 0.366 e. The predicted octanol–water partition coefficient (Wildman–Crippen LogP) is 5.59. The van der Waals surface area contributed by atoms with E-state index in [1.54, 1.807) is 0 Å².